The van der Waals surface area contributed by atoms with Crippen molar-refractivity contribution in [2.45, 2.75) is 6.54 Å². The van der Waals surface area contributed by atoms with E-state index in [1.165, 1.54) is 5.56 Å². The van der Waals surface area contributed by atoms with Crippen molar-refractivity contribution >= 4 is 28.3 Å². The minimum absolute atomic E-state index is 0.648. The molecule has 0 radical (unpaired) electrons. The van der Waals surface area contributed by atoms with E-state index in [2.05, 4.69) is 40.1 Å². The Morgan fingerprint density at radius 1 is 0.824 bits per heavy atom. The van der Waals surface area contributed by atoms with Gasteiger partial charge in [-0.05, 0) is 35.9 Å². The number of fused-ring (bicyclic) bond motifs is 1. The lowest BCUT2D eigenvalue weighted by atomic mass is 10.1. The van der Waals surface area contributed by atoms with Crippen LogP contribution in [0.4, 0.5) is 5.82 Å². The third-order valence-corrected chi connectivity index (χ3v) is 6.46. The predicted octanol–water partition coefficient (Wildman–Crippen LogP) is 5.29. The molecule has 2 heterocycles. The van der Waals surface area contributed by atoms with Crippen LogP contribution in [0.1, 0.15) is 5.56 Å². The van der Waals surface area contributed by atoms with Gasteiger partial charge in [0.1, 0.15) is 5.82 Å². The first-order chi connectivity index (χ1) is 16.6. The lowest BCUT2D eigenvalue weighted by Gasteiger charge is -2.36. The first-order valence-electron chi connectivity index (χ1n) is 11.4. The van der Waals surface area contributed by atoms with Gasteiger partial charge >= 0.3 is 0 Å². The van der Waals surface area contributed by atoms with E-state index in [-0.39, 0.29) is 0 Å². The zero-order valence-corrected chi connectivity index (χ0v) is 20.1. The molecule has 0 unspecified atom stereocenters. The predicted molar refractivity (Wildman–Crippen MR) is 137 cm³/mol. The van der Waals surface area contributed by atoms with Gasteiger partial charge in [-0.15, -0.1) is 0 Å². The lowest BCUT2D eigenvalue weighted by molar-refractivity contribution is 0.249. The van der Waals surface area contributed by atoms with Gasteiger partial charge in [-0.1, -0.05) is 41.9 Å². The number of benzene rings is 3. The highest BCUT2D eigenvalue weighted by molar-refractivity contribution is 6.30. The van der Waals surface area contributed by atoms with E-state index in [9.17, 15) is 0 Å². The first-order valence-corrected chi connectivity index (χ1v) is 11.7. The summed E-state index contributed by atoms with van der Waals surface area (Å²) in [4.78, 5) is 14.7. The first kappa shape index (κ1) is 22.4. The topological polar surface area (TPSA) is 50.7 Å². The minimum atomic E-state index is 0.648. The van der Waals surface area contributed by atoms with Gasteiger partial charge in [0.25, 0.3) is 0 Å². The van der Waals surface area contributed by atoms with Crippen LogP contribution in [-0.4, -0.2) is 55.3 Å². The molecule has 1 aliphatic rings. The molecule has 0 saturated carbocycles. The summed E-state index contributed by atoms with van der Waals surface area (Å²) in [7, 11) is 3.28. The number of hydrogen-bond acceptors (Lipinski definition) is 6. The van der Waals surface area contributed by atoms with Crippen molar-refractivity contribution in [2.75, 3.05) is 45.3 Å². The van der Waals surface area contributed by atoms with E-state index >= 15 is 0 Å². The van der Waals surface area contributed by atoms with Crippen LogP contribution >= 0.6 is 11.6 Å². The SMILES string of the molecule is COc1cc2nc(-c3ccc(Cl)cc3)nc(N3CCN(Cc4ccccc4)CC3)c2cc1OC. The second-order valence-corrected chi connectivity index (χ2v) is 8.79. The van der Waals surface area contributed by atoms with Gasteiger partial charge in [0.15, 0.2) is 17.3 Å². The van der Waals surface area contributed by atoms with E-state index in [4.69, 9.17) is 31.0 Å². The standard InChI is InChI=1S/C27H27ClN4O2/c1-33-24-16-22-23(17-25(24)34-2)29-26(20-8-10-21(28)11-9-20)30-27(22)32-14-12-31(13-15-32)18-19-6-4-3-5-7-19/h3-11,16-17H,12-15,18H2,1-2H3. The van der Waals surface area contributed by atoms with Crippen molar-refractivity contribution in [1.82, 2.24) is 14.9 Å². The fraction of sp³-hybridized carbons (Fsp3) is 0.259. The maximum absolute atomic E-state index is 6.11. The van der Waals surface area contributed by atoms with E-state index in [1.807, 2.05) is 36.4 Å². The molecule has 0 aliphatic carbocycles. The fourth-order valence-electron chi connectivity index (χ4n) is 4.37. The van der Waals surface area contributed by atoms with Gasteiger partial charge < -0.3 is 14.4 Å². The molecule has 0 bridgehead atoms. The molecule has 1 saturated heterocycles. The Kier molecular flexibility index (Phi) is 6.52. The number of ether oxygens (including phenoxy) is 2. The van der Waals surface area contributed by atoms with Crippen LogP contribution in [0, 0.1) is 0 Å². The Balaban J connectivity index is 1.50. The molecule has 1 fully saturated rings. The van der Waals surface area contributed by atoms with Crippen molar-refractivity contribution in [3.63, 3.8) is 0 Å². The molecule has 0 N–H and O–H groups in total. The van der Waals surface area contributed by atoms with Crippen LogP contribution in [0.2, 0.25) is 5.02 Å². The van der Waals surface area contributed by atoms with Gasteiger partial charge in [0.2, 0.25) is 0 Å². The number of anilines is 1. The van der Waals surface area contributed by atoms with Crippen molar-refractivity contribution in [3.8, 4) is 22.9 Å². The van der Waals surface area contributed by atoms with Crippen molar-refractivity contribution in [1.29, 1.82) is 0 Å². The summed E-state index contributed by atoms with van der Waals surface area (Å²) in [6, 6.07) is 22.1. The van der Waals surface area contributed by atoms with Crippen LogP contribution in [-0.2, 0) is 6.54 Å². The highest BCUT2D eigenvalue weighted by Gasteiger charge is 2.23. The third kappa shape index (κ3) is 4.65. The summed E-state index contributed by atoms with van der Waals surface area (Å²) in [5, 5.41) is 1.64. The zero-order valence-electron chi connectivity index (χ0n) is 19.4. The summed E-state index contributed by atoms with van der Waals surface area (Å²) in [5.41, 5.74) is 3.08. The normalized spacial score (nSPS) is 14.4. The van der Waals surface area contributed by atoms with E-state index in [0.29, 0.717) is 22.3 Å². The maximum Gasteiger partial charge on any atom is 0.162 e. The average Bonchev–Trinajstić information content (AvgIpc) is 2.88. The average molecular weight is 475 g/mol. The summed E-state index contributed by atoms with van der Waals surface area (Å²) in [6.07, 6.45) is 0. The Morgan fingerprint density at radius 2 is 1.50 bits per heavy atom. The molecule has 0 amide bonds. The Hall–Kier alpha value is -3.35. The summed E-state index contributed by atoms with van der Waals surface area (Å²) in [6.45, 7) is 4.65. The molecule has 0 spiro atoms. The number of methoxy groups -OCH3 is 2. The molecule has 5 rings (SSSR count). The van der Waals surface area contributed by atoms with Gasteiger partial charge in [0.05, 0.1) is 19.7 Å². The smallest absolute Gasteiger partial charge is 0.162 e. The molecule has 3 aromatic carbocycles. The zero-order chi connectivity index (χ0) is 23.5. The van der Waals surface area contributed by atoms with Crippen LogP contribution in [0.5, 0.6) is 11.5 Å². The van der Waals surface area contributed by atoms with Gasteiger partial charge in [-0.2, -0.15) is 0 Å². The summed E-state index contributed by atoms with van der Waals surface area (Å²) >= 11 is 6.11. The molecule has 0 atom stereocenters. The number of piperazine rings is 1. The molecule has 1 aliphatic heterocycles. The minimum Gasteiger partial charge on any atom is -0.493 e. The molecule has 6 nitrogen and oxygen atoms in total. The highest BCUT2D eigenvalue weighted by Crippen LogP contribution is 2.36. The van der Waals surface area contributed by atoms with Crippen LogP contribution < -0.4 is 14.4 Å². The maximum atomic E-state index is 6.11. The summed E-state index contributed by atoms with van der Waals surface area (Å²) in [5.74, 6) is 2.89. The second-order valence-electron chi connectivity index (χ2n) is 8.35. The number of rotatable bonds is 6. The number of hydrogen-bond donors (Lipinski definition) is 0. The van der Waals surface area contributed by atoms with Crippen molar-refractivity contribution in [3.05, 3.63) is 77.3 Å². The largest absolute Gasteiger partial charge is 0.493 e. The van der Waals surface area contributed by atoms with Crippen molar-refractivity contribution < 1.29 is 9.47 Å². The lowest BCUT2D eigenvalue weighted by Crippen LogP contribution is -2.46. The van der Waals surface area contributed by atoms with Gasteiger partial charge in [-0.25, -0.2) is 9.97 Å². The quantitative estimate of drug-likeness (QED) is 0.378. The van der Waals surface area contributed by atoms with Crippen LogP contribution in [0.25, 0.3) is 22.3 Å². The molecule has 4 aromatic rings. The van der Waals surface area contributed by atoms with E-state index in [1.54, 1.807) is 14.2 Å². The van der Waals surface area contributed by atoms with Crippen LogP contribution in [0.15, 0.2) is 66.7 Å². The molecule has 1 aromatic heterocycles. The van der Waals surface area contributed by atoms with Crippen LogP contribution in [0.3, 0.4) is 0 Å². The molecule has 174 valence electrons. The van der Waals surface area contributed by atoms with E-state index in [0.717, 1.165) is 55.0 Å². The Bertz CT molecular complexity index is 1270. The summed E-state index contributed by atoms with van der Waals surface area (Å²) < 4.78 is 11.1. The number of nitrogens with zero attached hydrogens (tertiary/aromatic N) is 4. The Labute approximate surface area is 204 Å². The fourth-order valence-corrected chi connectivity index (χ4v) is 4.49. The van der Waals surface area contributed by atoms with Gasteiger partial charge in [0, 0.05) is 54.8 Å². The second kappa shape index (κ2) is 9.87. The molecular weight excluding hydrogens is 448 g/mol. The third-order valence-electron chi connectivity index (χ3n) is 6.20. The van der Waals surface area contributed by atoms with Gasteiger partial charge in [-0.3, -0.25) is 4.90 Å². The number of halogens is 1. The number of aromatic nitrogens is 2. The molecule has 34 heavy (non-hydrogen) atoms. The van der Waals surface area contributed by atoms with Crippen molar-refractivity contribution in [2.24, 2.45) is 0 Å². The Morgan fingerprint density at radius 3 is 2.18 bits per heavy atom. The highest BCUT2D eigenvalue weighted by atomic mass is 35.5. The molecule has 7 heteroatoms. The monoisotopic (exact) mass is 474 g/mol. The van der Waals surface area contributed by atoms with E-state index < -0.39 is 0 Å². The molecular formula is C27H27ClN4O2.